The smallest absolute Gasteiger partial charge is 0.253 e. The van der Waals surface area contributed by atoms with Crippen molar-refractivity contribution in [1.82, 2.24) is 10.2 Å². The molecule has 0 N–H and O–H groups in total. The number of ether oxygens (including phenoxy) is 2. The Morgan fingerprint density at radius 2 is 1.79 bits per heavy atom. The van der Waals surface area contributed by atoms with Crippen LogP contribution in [0.3, 0.4) is 0 Å². The minimum absolute atomic E-state index is 0.250. The van der Waals surface area contributed by atoms with Gasteiger partial charge in [0.1, 0.15) is 11.5 Å². The second-order valence-electron chi connectivity index (χ2n) is 3.85. The van der Waals surface area contributed by atoms with Gasteiger partial charge in [-0.05, 0) is 30.7 Å². The van der Waals surface area contributed by atoms with E-state index < -0.39 is 0 Å². The number of alkyl halides is 1. The van der Waals surface area contributed by atoms with Crippen LogP contribution in [0, 0.1) is 0 Å². The Balaban J connectivity index is 1.85. The molecule has 0 aliphatic carbocycles. The van der Waals surface area contributed by atoms with E-state index in [0.717, 1.165) is 17.9 Å². The molecule has 1 aromatic heterocycles. The van der Waals surface area contributed by atoms with E-state index in [1.165, 1.54) is 0 Å². The number of hydrogen-bond donors (Lipinski definition) is 0. The zero-order valence-electron chi connectivity index (χ0n) is 10.6. The van der Waals surface area contributed by atoms with Gasteiger partial charge < -0.3 is 13.9 Å². The number of aryl methyl sites for hydroxylation is 1. The number of benzene rings is 1. The fraction of sp³-hybridized carbons (Fsp3) is 0.385. The first kappa shape index (κ1) is 13.7. The Morgan fingerprint density at radius 3 is 2.47 bits per heavy atom. The average molecular weight is 283 g/mol. The summed E-state index contributed by atoms with van der Waals surface area (Å²) in [5.41, 5.74) is 0. The maximum atomic E-state index is 5.60. The summed E-state index contributed by atoms with van der Waals surface area (Å²) in [6.07, 6.45) is 1.52. The molecular formula is C13H15ClN2O3. The summed E-state index contributed by atoms with van der Waals surface area (Å²) in [4.78, 5) is 0. The molecule has 2 aromatic rings. The summed E-state index contributed by atoms with van der Waals surface area (Å²) in [6, 6.07) is 7.30. The molecule has 0 saturated heterocycles. The normalized spacial score (nSPS) is 10.4. The number of hydrogen-bond acceptors (Lipinski definition) is 5. The summed E-state index contributed by atoms with van der Waals surface area (Å²) >= 11 is 5.60. The van der Waals surface area contributed by atoms with Crippen LogP contribution in [0.5, 0.6) is 11.5 Å². The van der Waals surface area contributed by atoms with Crippen molar-refractivity contribution < 1.29 is 13.9 Å². The topological polar surface area (TPSA) is 57.4 Å². The van der Waals surface area contributed by atoms with Crippen LogP contribution >= 0.6 is 11.6 Å². The third-order valence-electron chi connectivity index (χ3n) is 2.45. The van der Waals surface area contributed by atoms with Gasteiger partial charge in [-0.2, -0.15) is 0 Å². The zero-order chi connectivity index (χ0) is 13.5. The Bertz CT molecular complexity index is 499. The van der Waals surface area contributed by atoms with Crippen molar-refractivity contribution in [2.24, 2.45) is 0 Å². The number of aromatic nitrogens is 2. The predicted octanol–water partition coefficient (Wildman–Crippen LogP) is 2.83. The second-order valence-corrected chi connectivity index (χ2v) is 4.22. The molecule has 102 valence electrons. The van der Waals surface area contributed by atoms with Gasteiger partial charge in [0.2, 0.25) is 5.89 Å². The van der Waals surface area contributed by atoms with Crippen LogP contribution in [0.15, 0.2) is 28.7 Å². The molecule has 0 amide bonds. The molecular weight excluding hydrogens is 268 g/mol. The highest BCUT2D eigenvalue weighted by Crippen LogP contribution is 2.18. The van der Waals surface area contributed by atoms with Crippen molar-refractivity contribution in [3.05, 3.63) is 36.0 Å². The Labute approximate surface area is 116 Å². The lowest BCUT2D eigenvalue weighted by atomic mass is 10.3. The van der Waals surface area contributed by atoms with Gasteiger partial charge in [-0.3, -0.25) is 0 Å². The van der Waals surface area contributed by atoms with Crippen LogP contribution in [-0.4, -0.2) is 23.2 Å². The van der Waals surface area contributed by atoms with Crippen LogP contribution < -0.4 is 9.47 Å². The van der Waals surface area contributed by atoms with E-state index in [1.807, 2.05) is 24.3 Å². The summed E-state index contributed by atoms with van der Waals surface area (Å²) in [5, 5.41) is 7.83. The van der Waals surface area contributed by atoms with E-state index in [2.05, 4.69) is 10.2 Å². The molecule has 0 aliphatic heterocycles. The predicted molar refractivity (Wildman–Crippen MR) is 70.7 cm³/mol. The Kier molecular flexibility index (Phi) is 5.03. The standard InChI is InChI=1S/C13H15ClN2O3/c1-17-10-4-6-11(7-5-10)18-9-13-16-15-12(19-13)3-2-8-14/h4-7H,2-3,8-9H2,1H3. The van der Waals surface area contributed by atoms with E-state index in [4.69, 9.17) is 25.5 Å². The summed E-state index contributed by atoms with van der Waals surface area (Å²) in [5.74, 6) is 3.14. The van der Waals surface area contributed by atoms with Gasteiger partial charge in [0.15, 0.2) is 6.61 Å². The molecule has 0 aliphatic rings. The van der Waals surface area contributed by atoms with Crippen LogP contribution in [0.1, 0.15) is 18.2 Å². The molecule has 1 heterocycles. The van der Waals surface area contributed by atoms with Crippen molar-refractivity contribution >= 4 is 11.6 Å². The fourth-order valence-electron chi connectivity index (χ4n) is 1.48. The Morgan fingerprint density at radius 1 is 1.11 bits per heavy atom. The van der Waals surface area contributed by atoms with Crippen LogP contribution in [-0.2, 0) is 13.0 Å². The third-order valence-corrected chi connectivity index (χ3v) is 2.72. The first-order valence-corrected chi connectivity index (χ1v) is 6.49. The van der Waals surface area contributed by atoms with Crippen LogP contribution in [0.4, 0.5) is 0 Å². The van der Waals surface area contributed by atoms with Crippen LogP contribution in [0.2, 0.25) is 0 Å². The van der Waals surface area contributed by atoms with Gasteiger partial charge in [-0.15, -0.1) is 21.8 Å². The quantitative estimate of drug-likeness (QED) is 0.731. The number of nitrogens with zero attached hydrogens (tertiary/aromatic N) is 2. The maximum absolute atomic E-state index is 5.60. The van der Waals surface area contributed by atoms with Gasteiger partial charge in [0.05, 0.1) is 7.11 Å². The molecule has 19 heavy (non-hydrogen) atoms. The number of methoxy groups -OCH3 is 1. The first-order valence-electron chi connectivity index (χ1n) is 5.96. The van der Waals surface area contributed by atoms with Gasteiger partial charge in [0.25, 0.3) is 5.89 Å². The van der Waals surface area contributed by atoms with Gasteiger partial charge in [-0.25, -0.2) is 0 Å². The highest BCUT2D eigenvalue weighted by molar-refractivity contribution is 6.17. The average Bonchev–Trinajstić information content (AvgIpc) is 2.91. The maximum Gasteiger partial charge on any atom is 0.253 e. The van der Waals surface area contributed by atoms with Crippen molar-refractivity contribution in [3.8, 4) is 11.5 Å². The number of halogens is 1. The lowest BCUT2D eigenvalue weighted by Gasteiger charge is -2.04. The monoisotopic (exact) mass is 282 g/mol. The van der Waals surface area contributed by atoms with Crippen molar-refractivity contribution in [3.63, 3.8) is 0 Å². The van der Waals surface area contributed by atoms with Crippen molar-refractivity contribution in [1.29, 1.82) is 0 Å². The summed E-state index contributed by atoms with van der Waals surface area (Å²) in [7, 11) is 1.62. The van der Waals surface area contributed by atoms with E-state index in [-0.39, 0.29) is 6.61 Å². The molecule has 0 saturated carbocycles. The molecule has 0 radical (unpaired) electrons. The molecule has 2 rings (SSSR count). The zero-order valence-corrected chi connectivity index (χ0v) is 11.4. The molecule has 0 spiro atoms. The van der Waals surface area contributed by atoms with E-state index in [9.17, 15) is 0 Å². The molecule has 0 unspecified atom stereocenters. The van der Waals surface area contributed by atoms with Crippen molar-refractivity contribution in [2.75, 3.05) is 13.0 Å². The largest absolute Gasteiger partial charge is 0.497 e. The van der Waals surface area contributed by atoms with Gasteiger partial charge >= 0.3 is 0 Å². The lowest BCUT2D eigenvalue weighted by molar-refractivity contribution is 0.258. The van der Waals surface area contributed by atoms with Crippen LogP contribution in [0.25, 0.3) is 0 Å². The van der Waals surface area contributed by atoms with Gasteiger partial charge in [-0.1, -0.05) is 0 Å². The van der Waals surface area contributed by atoms with E-state index >= 15 is 0 Å². The van der Waals surface area contributed by atoms with Gasteiger partial charge in [0, 0.05) is 12.3 Å². The Hall–Kier alpha value is -1.75. The molecule has 0 bridgehead atoms. The molecule has 1 aromatic carbocycles. The fourth-order valence-corrected chi connectivity index (χ4v) is 1.62. The number of rotatable bonds is 7. The second kappa shape index (κ2) is 6.99. The lowest BCUT2D eigenvalue weighted by Crippen LogP contribution is -1.95. The SMILES string of the molecule is COc1ccc(OCc2nnc(CCCCl)o2)cc1. The third kappa shape index (κ3) is 4.13. The van der Waals surface area contributed by atoms with Crippen molar-refractivity contribution in [2.45, 2.75) is 19.4 Å². The molecule has 6 heteroatoms. The molecule has 5 nitrogen and oxygen atoms in total. The highest BCUT2D eigenvalue weighted by Gasteiger charge is 2.06. The summed E-state index contributed by atoms with van der Waals surface area (Å²) in [6.45, 7) is 0.250. The molecule has 0 atom stereocenters. The van der Waals surface area contributed by atoms with E-state index in [0.29, 0.717) is 24.1 Å². The van der Waals surface area contributed by atoms with E-state index in [1.54, 1.807) is 7.11 Å². The minimum Gasteiger partial charge on any atom is -0.497 e. The minimum atomic E-state index is 0.250. The summed E-state index contributed by atoms with van der Waals surface area (Å²) < 4.78 is 16.0. The highest BCUT2D eigenvalue weighted by atomic mass is 35.5. The first-order chi connectivity index (χ1) is 9.31. The molecule has 0 fully saturated rings.